The van der Waals surface area contributed by atoms with Gasteiger partial charge in [-0.1, -0.05) is 0 Å². The zero-order valence-corrected chi connectivity index (χ0v) is 11.5. The molecule has 1 atom stereocenters. The van der Waals surface area contributed by atoms with Gasteiger partial charge in [0.1, 0.15) is 0 Å². The van der Waals surface area contributed by atoms with Crippen LogP contribution in [0.1, 0.15) is 28.8 Å². The van der Waals surface area contributed by atoms with Crippen LogP contribution in [0.15, 0.2) is 18.2 Å². The highest BCUT2D eigenvalue weighted by Gasteiger charge is 2.11. The van der Waals surface area contributed by atoms with Crippen LogP contribution in [-0.2, 0) is 4.74 Å². The van der Waals surface area contributed by atoms with E-state index in [0.717, 1.165) is 24.1 Å². The summed E-state index contributed by atoms with van der Waals surface area (Å²) in [5.41, 5.74) is 7.66. The van der Waals surface area contributed by atoms with Gasteiger partial charge in [0.05, 0.1) is 12.2 Å². The lowest BCUT2D eigenvalue weighted by Gasteiger charge is -2.20. The van der Waals surface area contributed by atoms with Gasteiger partial charge < -0.3 is 20.9 Å². The third-order valence-corrected chi connectivity index (χ3v) is 2.96. The first-order valence-electron chi connectivity index (χ1n) is 6.38. The molecule has 1 unspecified atom stereocenters. The molecule has 0 fully saturated rings. The van der Waals surface area contributed by atoms with E-state index in [1.54, 1.807) is 25.3 Å². The van der Waals surface area contributed by atoms with Crippen molar-refractivity contribution in [2.24, 2.45) is 5.73 Å². The molecule has 5 heteroatoms. The molecular formula is C14H22N2O3. The van der Waals surface area contributed by atoms with Crippen LogP contribution < -0.4 is 11.1 Å². The van der Waals surface area contributed by atoms with E-state index >= 15 is 0 Å². The SMILES string of the molecule is COCC(CCCN)Nc1ccc(C(=O)O)cc1C. The van der Waals surface area contributed by atoms with Gasteiger partial charge in [0.15, 0.2) is 0 Å². The number of carboxylic acid groups (broad SMARTS) is 1. The molecule has 19 heavy (non-hydrogen) atoms. The zero-order valence-electron chi connectivity index (χ0n) is 11.5. The highest BCUT2D eigenvalue weighted by atomic mass is 16.5. The molecule has 0 radical (unpaired) electrons. The second-order valence-corrected chi connectivity index (χ2v) is 4.56. The number of carbonyl (C=O) groups is 1. The molecule has 0 aliphatic rings. The molecule has 1 aromatic carbocycles. The second kappa shape index (κ2) is 7.76. The summed E-state index contributed by atoms with van der Waals surface area (Å²) in [5, 5.41) is 12.3. The largest absolute Gasteiger partial charge is 0.478 e. The Balaban J connectivity index is 2.75. The molecule has 0 aromatic heterocycles. The zero-order chi connectivity index (χ0) is 14.3. The fourth-order valence-corrected chi connectivity index (χ4v) is 1.94. The summed E-state index contributed by atoms with van der Waals surface area (Å²) in [7, 11) is 1.66. The van der Waals surface area contributed by atoms with E-state index in [-0.39, 0.29) is 6.04 Å². The van der Waals surface area contributed by atoms with Crippen LogP contribution in [0.2, 0.25) is 0 Å². The first kappa shape index (κ1) is 15.5. The maximum absolute atomic E-state index is 10.9. The number of ether oxygens (including phenoxy) is 1. The van der Waals surface area contributed by atoms with Gasteiger partial charge in [-0.3, -0.25) is 0 Å². The average molecular weight is 266 g/mol. The predicted octanol–water partition coefficient (Wildman–Crippen LogP) is 1.86. The number of carboxylic acids is 1. The lowest BCUT2D eigenvalue weighted by Crippen LogP contribution is -2.26. The monoisotopic (exact) mass is 266 g/mol. The normalized spacial score (nSPS) is 12.2. The average Bonchev–Trinajstić information content (AvgIpc) is 2.38. The molecule has 0 saturated heterocycles. The first-order valence-corrected chi connectivity index (χ1v) is 6.38. The van der Waals surface area contributed by atoms with Crippen LogP contribution in [0.4, 0.5) is 5.69 Å². The Kier molecular flexibility index (Phi) is 6.32. The smallest absolute Gasteiger partial charge is 0.335 e. The number of aryl methyl sites for hydroxylation is 1. The van der Waals surface area contributed by atoms with Crippen LogP contribution in [-0.4, -0.2) is 37.4 Å². The summed E-state index contributed by atoms with van der Waals surface area (Å²) in [6, 6.07) is 5.24. The highest BCUT2D eigenvalue weighted by molar-refractivity contribution is 5.88. The predicted molar refractivity (Wildman–Crippen MR) is 75.7 cm³/mol. The van der Waals surface area contributed by atoms with Crippen LogP contribution in [0.25, 0.3) is 0 Å². The third-order valence-electron chi connectivity index (χ3n) is 2.96. The Morgan fingerprint density at radius 2 is 2.26 bits per heavy atom. The summed E-state index contributed by atoms with van der Waals surface area (Å²) < 4.78 is 5.18. The van der Waals surface area contributed by atoms with Crippen molar-refractivity contribution in [1.82, 2.24) is 0 Å². The number of nitrogens with two attached hydrogens (primary N) is 1. The summed E-state index contributed by atoms with van der Waals surface area (Å²) in [6.45, 7) is 3.14. The van der Waals surface area contributed by atoms with Gasteiger partial charge in [-0.2, -0.15) is 0 Å². The highest BCUT2D eigenvalue weighted by Crippen LogP contribution is 2.18. The van der Waals surface area contributed by atoms with Gasteiger partial charge >= 0.3 is 5.97 Å². The van der Waals surface area contributed by atoms with Crippen molar-refractivity contribution < 1.29 is 14.6 Å². The van der Waals surface area contributed by atoms with E-state index in [4.69, 9.17) is 15.6 Å². The number of anilines is 1. The second-order valence-electron chi connectivity index (χ2n) is 4.56. The number of aromatic carboxylic acids is 1. The summed E-state index contributed by atoms with van der Waals surface area (Å²) in [5.74, 6) is -0.911. The van der Waals surface area contributed by atoms with Crippen molar-refractivity contribution in [1.29, 1.82) is 0 Å². The number of hydrogen-bond donors (Lipinski definition) is 3. The molecule has 0 saturated carbocycles. The van der Waals surface area contributed by atoms with Crippen LogP contribution in [0.5, 0.6) is 0 Å². The van der Waals surface area contributed by atoms with E-state index in [1.165, 1.54) is 0 Å². The first-order chi connectivity index (χ1) is 9.08. The third kappa shape index (κ3) is 4.89. The molecule has 1 aromatic rings. The van der Waals surface area contributed by atoms with Gasteiger partial charge in [-0.25, -0.2) is 4.79 Å². The van der Waals surface area contributed by atoms with Crippen molar-refractivity contribution in [2.45, 2.75) is 25.8 Å². The molecule has 0 spiro atoms. The van der Waals surface area contributed by atoms with Gasteiger partial charge in [-0.15, -0.1) is 0 Å². The molecule has 0 aliphatic heterocycles. The standard InChI is InChI=1S/C14H22N2O3/c1-10-8-11(14(17)18)5-6-13(10)16-12(9-19-2)4-3-7-15/h5-6,8,12,16H,3-4,7,9,15H2,1-2H3,(H,17,18). The Morgan fingerprint density at radius 1 is 1.53 bits per heavy atom. The number of hydrogen-bond acceptors (Lipinski definition) is 4. The molecule has 0 amide bonds. The van der Waals surface area contributed by atoms with E-state index in [1.807, 2.05) is 6.92 Å². The van der Waals surface area contributed by atoms with Crippen LogP contribution >= 0.6 is 0 Å². The summed E-state index contributed by atoms with van der Waals surface area (Å²) in [6.07, 6.45) is 1.84. The van der Waals surface area contributed by atoms with Crippen molar-refractivity contribution in [3.05, 3.63) is 29.3 Å². The van der Waals surface area contributed by atoms with E-state index in [0.29, 0.717) is 18.7 Å². The summed E-state index contributed by atoms with van der Waals surface area (Å²) >= 11 is 0. The quantitative estimate of drug-likeness (QED) is 0.668. The minimum atomic E-state index is -0.911. The molecule has 5 nitrogen and oxygen atoms in total. The minimum absolute atomic E-state index is 0.183. The Labute approximate surface area is 113 Å². The number of benzene rings is 1. The Hall–Kier alpha value is -1.59. The summed E-state index contributed by atoms with van der Waals surface area (Å²) in [4.78, 5) is 10.9. The van der Waals surface area contributed by atoms with E-state index in [9.17, 15) is 4.79 Å². The lowest BCUT2D eigenvalue weighted by molar-refractivity contribution is 0.0697. The maximum atomic E-state index is 10.9. The fourth-order valence-electron chi connectivity index (χ4n) is 1.94. The van der Waals surface area contributed by atoms with Crippen LogP contribution in [0, 0.1) is 6.92 Å². The van der Waals surface area contributed by atoms with Gasteiger partial charge in [0, 0.05) is 18.8 Å². The van der Waals surface area contributed by atoms with Crippen molar-refractivity contribution in [3.8, 4) is 0 Å². The maximum Gasteiger partial charge on any atom is 0.335 e. The topological polar surface area (TPSA) is 84.6 Å². The fraction of sp³-hybridized carbons (Fsp3) is 0.500. The number of nitrogens with one attached hydrogen (secondary N) is 1. The number of rotatable bonds is 8. The Bertz CT molecular complexity index is 421. The molecule has 0 heterocycles. The van der Waals surface area contributed by atoms with Crippen molar-refractivity contribution in [3.63, 3.8) is 0 Å². The van der Waals surface area contributed by atoms with E-state index < -0.39 is 5.97 Å². The molecule has 106 valence electrons. The van der Waals surface area contributed by atoms with Crippen molar-refractivity contribution >= 4 is 11.7 Å². The van der Waals surface area contributed by atoms with Gasteiger partial charge in [0.2, 0.25) is 0 Å². The molecule has 4 N–H and O–H groups in total. The molecule has 1 rings (SSSR count). The van der Waals surface area contributed by atoms with Gasteiger partial charge in [0.25, 0.3) is 0 Å². The van der Waals surface area contributed by atoms with Gasteiger partial charge in [-0.05, 0) is 50.1 Å². The molecule has 0 bridgehead atoms. The number of methoxy groups -OCH3 is 1. The van der Waals surface area contributed by atoms with Crippen LogP contribution in [0.3, 0.4) is 0 Å². The van der Waals surface area contributed by atoms with Crippen molar-refractivity contribution in [2.75, 3.05) is 25.6 Å². The molecular weight excluding hydrogens is 244 g/mol. The Morgan fingerprint density at radius 3 is 2.79 bits per heavy atom. The lowest BCUT2D eigenvalue weighted by atomic mass is 10.1. The minimum Gasteiger partial charge on any atom is -0.478 e. The molecule has 0 aliphatic carbocycles. The van der Waals surface area contributed by atoms with E-state index in [2.05, 4.69) is 5.32 Å².